The third kappa shape index (κ3) is 3.75. The van der Waals surface area contributed by atoms with Crippen molar-refractivity contribution >= 4 is 40.2 Å². The SMILES string of the molecule is CSc1ccc([C@H]2c3c(oc4ccc(Cl)cc4c3=O)C(=O)N2CCCN(C)C)cc1. The first kappa shape index (κ1) is 21.0. The summed E-state index contributed by atoms with van der Waals surface area (Å²) in [6.45, 7) is 1.38. The van der Waals surface area contributed by atoms with Gasteiger partial charge in [0.2, 0.25) is 5.76 Å². The Bertz CT molecular complexity index is 1160. The third-order valence-corrected chi connectivity index (χ3v) is 6.34. The molecule has 1 atom stereocenters. The van der Waals surface area contributed by atoms with Crippen molar-refractivity contribution in [3.05, 3.63) is 74.6 Å². The van der Waals surface area contributed by atoms with Gasteiger partial charge in [0.1, 0.15) is 5.58 Å². The fourth-order valence-electron chi connectivity index (χ4n) is 3.91. The minimum absolute atomic E-state index is 0.138. The van der Waals surface area contributed by atoms with E-state index in [2.05, 4.69) is 4.90 Å². The van der Waals surface area contributed by atoms with Gasteiger partial charge in [0.05, 0.1) is 17.0 Å². The number of hydrogen-bond acceptors (Lipinski definition) is 5. The van der Waals surface area contributed by atoms with Crippen molar-refractivity contribution in [1.82, 2.24) is 9.80 Å². The summed E-state index contributed by atoms with van der Waals surface area (Å²) in [7, 11) is 4.00. The number of hydrogen-bond donors (Lipinski definition) is 0. The van der Waals surface area contributed by atoms with Crippen LogP contribution in [0, 0.1) is 0 Å². The van der Waals surface area contributed by atoms with Crippen LogP contribution < -0.4 is 5.43 Å². The highest BCUT2D eigenvalue weighted by atomic mass is 35.5. The first-order valence-corrected chi connectivity index (χ1v) is 11.4. The minimum atomic E-state index is -0.467. The lowest BCUT2D eigenvalue weighted by atomic mass is 9.98. The van der Waals surface area contributed by atoms with Gasteiger partial charge in [-0.2, -0.15) is 0 Å². The maximum atomic E-state index is 13.4. The van der Waals surface area contributed by atoms with E-state index in [4.69, 9.17) is 16.0 Å². The maximum Gasteiger partial charge on any atom is 0.290 e. The molecule has 2 aromatic carbocycles. The van der Waals surface area contributed by atoms with E-state index in [9.17, 15) is 9.59 Å². The van der Waals surface area contributed by atoms with Gasteiger partial charge >= 0.3 is 0 Å². The van der Waals surface area contributed by atoms with Gasteiger partial charge in [-0.3, -0.25) is 9.59 Å². The quantitative estimate of drug-likeness (QED) is 0.519. The number of carbonyl (C=O) groups is 1. The molecule has 5 nitrogen and oxygen atoms in total. The molecular weight excluding hydrogens is 420 g/mol. The van der Waals surface area contributed by atoms with E-state index >= 15 is 0 Å². The Morgan fingerprint density at radius 1 is 1.13 bits per heavy atom. The molecule has 0 aliphatic carbocycles. The number of amides is 1. The van der Waals surface area contributed by atoms with Crippen molar-refractivity contribution in [1.29, 1.82) is 0 Å². The van der Waals surface area contributed by atoms with Crippen LogP contribution in [0.25, 0.3) is 11.0 Å². The molecular formula is C23H23ClN2O3S. The molecule has 1 aromatic heterocycles. The number of thioether (sulfide) groups is 1. The fraction of sp³-hybridized carbons (Fsp3) is 0.304. The highest BCUT2D eigenvalue weighted by Crippen LogP contribution is 2.38. The van der Waals surface area contributed by atoms with Gasteiger partial charge in [-0.1, -0.05) is 23.7 Å². The zero-order chi connectivity index (χ0) is 21.4. The smallest absolute Gasteiger partial charge is 0.290 e. The van der Waals surface area contributed by atoms with Gasteiger partial charge in [0, 0.05) is 16.5 Å². The molecule has 2 heterocycles. The van der Waals surface area contributed by atoms with Crippen LogP contribution in [0.3, 0.4) is 0 Å². The van der Waals surface area contributed by atoms with E-state index in [1.54, 1.807) is 34.9 Å². The Balaban J connectivity index is 1.86. The summed E-state index contributed by atoms with van der Waals surface area (Å²) >= 11 is 7.77. The first-order valence-electron chi connectivity index (χ1n) is 9.76. The Kier molecular flexibility index (Phi) is 5.91. The summed E-state index contributed by atoms with van der Waals surface area (Å²) in [5.74, 6) is -0.102. The first-order chi connectivity index (χ1) is 14.4. The van der Waals surface area contributed by atoms with Crippen molar-refractivity contribution in [3.8, 4) is 0 Å². The van der Waals surface area contributed by atoms with Gasteiger partial charge < -0.3 is 14.2 Å². The van der Waals surface area contributed by atoms with Crippen LogP contribution in [-0.2, 0) is 0 Å². The molecule has 1 amide bonds. The summed E-state index contributed by atoms with van der Waals surface area (Å²) in [5, 5.41) is 0.859. The maximum absolute atomic E-state index is 13.4. The third-order valence-electron chi connectivity index (χ3n) is 5.36. The second-order valence-corrected chi connectivity index (χ2v) is 8.96. The number of rotatable bonds is 6. The fourth-order valence-corrected chi connectivity index (χ4v) is 4.49. The molecule has 0 radical (unpaired) electrons. The minimum Gasteiger partial charge on any atom is -0.450 e. The van der Waals surface area contributed by atoms with Crippen molar-refractivity contribution in [2.24, 2.45) is 0 Å². The zero-order valence-corrected chi connectivity index (χ0v) is 18.7. The van der Waals surface area contributed by atoms with E-state index in [1.807, 2.05) is 44.6 Å². The largest absolute Gasteiger partial charge is 0.450 e. The predicted octanol–water partition coefficient (Wildman–Crippen LogP) is 4.67. The van der Waals surface area contributed by atoms with Gasteiger partial charge in [-0.15, -0.1) is 11.8 Å². The molecule has 0 unspecified atom stereocenters. The molecule has 156 valence electrons. The average molecular weight is 443 g/mol. The molecule has 0 saturated carbocycles. The molecule has 0 spiro atoms. The summed E-state index contributed by atoms with van der Waals surface area (Å²) in [4.78, 5) is 31.7. The van der Waals surface area contributed by atoms with Gasteiger partial charge in [0.15, 0.2) is 5.43 Å². The monoisotopic (exact) mass is 442 g/mol. The van der Waals surface area contributed by atoms with Crippen molar-refractivity contribution in [2.75, 3.05) is 33.4 Å². The summed E-state index contributed by atoms with van der Waals surface area (Å²) in [6, 6.07) is 12.4. The Hall–Kier alpha value is -2.28. The summed E-state index contributed by atoms with van der Waals surface area (Å²) in [6.07, 6.45) is 2.81. The highest BCUT2D eigenvalue weighted by Gasteiger charge is 2.42. The van der Waals surface area contributed by atoms with Crippen LogP contribution in [0.1, 0.15) is 34.1 Å². The summed E-state index contributed by atoms with van der Waals surface area (Å²) < 4.78 is 5.94. The topological polar surface area (TPSA) is 53.8 Å². The van der Waals surface area contributed by atoms with Crippen LogP contribution in [0.5, 0.6) is 0 Å². The second kappa shape index (κ2) is 8.46. The Morgan fingerprint density at radius 2 is 1.87 bits per heavy atom. The van der Waals surface area contributed by atoms with E-state index in [0.717, 1.165) is 23.4 Å². The Labute approximate surface area is 184 Å². The van der Waals surface area contributed by atoms with Crippen LogP contribution in [0.15, 0.2) is 56.6 Å². The molecule has 1 aliphatic rings. The molecule has 0 N–H and O–H groups in total. The lowest BCUT2D eigenvalue weighted by molar-refractivity contribution is 0.0722. The van der Waals surface area contributed by atoms with Crippen molar-refractivity contribution in [2.45, 2.75) is 17.4 Å². The van der Waals surface area contributed by atoms with Crippen LogP contribution in [0.4, 0.5) is 0 Å². The lowest BCUT2D eigenvalue weighted by Gasteiger charge is -2.26. The normalized spacial score (nSPS) is 16.0. The van der Waals surface area contributed by atoms with E-state index in [1.165, 1.54) is 0 Å². The molecule has 3 aromatic rings. The predicted molar refractivity (Wildman–Crippen MR) is 122 cm³/mol. The second-order valence-electron chi connectivity index (χ2n) is 7.65. The number of halogens is 1. The van der Waals surface area contributed by atoms with E-state index in [-0.39, 0.29) is 17.1 Å². The molecule has 7 heteroatoms. The molecule has 1 aliphatic heterocycles. The van der Waals surface area contributed by atoms with Crippen LogP contribution in [0.2, 0.25) is 5.02 Å². The van der Waals surface area contributed by atoms with Crippen LogP contribution >= 0.6 is 23.4 Å². The van der Waals surface area contributed by atoms with E-state index < -0.39 is 6.04 Å². The molecule has 30 heavy (non-hydrogen) atoms. The Morgan fingerprint density at radius 3 is 2.53 bits per heavy atom. The lowest BCUT2D eigenvalue weighted by Crippen LogP contribution is -2.32. The van der Waals surface area contributed by atoms with E-state index in [0.29, 0.717) is 28.1 Å². The van der Waals surface area contributed by atoms with Gasteiger partial charge in [-0.05, 0) is 69.2 Å². The number of nitrogens with zero attached hydrogens (tertiary/aromatic N) is 2. The number of benzene rings is 2. The van der Waals surface area contributed by atoms with Gasteiger partial charge in [0.25, 0.3) is 5.91 Å². The molecule has 0 saturated heterocycles. The zero-order valence-electron chi connectivity index (χ0n) is 17.1. The highest BCUT2D eigenvalue weighted by molar-refractivity contribution is 7.98. The molecule has 0 fully saturated rings. The van der Waals surface area contributed by atoms with Crippen LogP contribution in [-0.4, -0.2) is 49.1 Å². The molecule has 0 bridgehead atoms. The average Bonchev–Trinajstić information content (AvgIpc) is 3.01. The van der Waals surface area contributed by atoms with Gasteiger partial charge in [-0.25, -0.2) is 0 Å². The summed E-state index contributed by atoms with van der Waals surface area (Å²) in [5.41, 5.74) is 1.48. The molecule has 4 rings (SSSR count). The number of carbonyl (C=O) groups excluding carboxylic acids is 1. The van der Waals surface area contributed by atoms with Crippen molar-refractivity contribution in [3.63, 3.8) is 0 Å². The standard InChI is InChI=1S/C23H23ClN2O3S/c1-25(2)11-4-12-26-20(14-5-8-16(30-3)9-6-14)19-21(27)17-13-15(24)7-10-18(17)29-22(19)23(26)28/h5-10,13,20H,4,11-12H2,1-3H3/t20-/m0/s1. The number of fused-ring (bicyclic) bond motifs is 2. The van der Waals surface area contributed by atoms with Crippen molar-refractivity contribution < 1.29 is 9.21 Å².